The van der Waals surface area contributed by atoms with Crippen LogP contribution in [0.2, 0.25) is 0 Å². The molecular formula is C12H27N3O2S. The van der Waals surface area contributed by atoms with Crippen LogP contribution in [0, 0.1) is 0 Å². The number of hydrogen-bond donors (Lipinski definition) is 2. The summed E-state index contributed by atoms with van der Waals surface area (Å²) in [7, 11) is 0.931. The zero-order valence-electron chi connectivity index (χ0n) is 11.8. The minimum Gasteiger partial charge on any atom is -0.317 e. The van der Waals surface area contributed by atoms with Crippen LogP contribution in [0.25, 0.3) is 0 Å². The van der Waals surface area contributed by atoms with Crippen LogP contribution in [-0.2, 0) is 10.0 Å². The predicted molar refractivity (Wildman–Crippen MR) is 75.2 cm³/mol. The molecule has 1 saturated carbocycles. The van der Waals surface area contributed by atoms with Crippen molar-refractivity contribution in [2.75, 3.05) is 39.5 Å². The van der Waals surface area contributed by atoms with Gasteiger partial charge in [-0.15, -0.1) is 0 Å². The van der Waals surface area contributed by atoms with Crippen molar-refractivity contribution in [2.24, 2.45) is 0 Å². The van der Waals surface area contributed by atoms with Crippen LogP contribution < -0.4 is 10.0 Å². The maximum Gasteiger partial charge on any atom is 0.211 e. The van der Waals surface area contributed by atoms with Gasteiger partial charge in [0, 0.05) is 12.1 Å². The van der Waals surface area contributed by atoms with E-state index in [1.807, 2.05) is 21.0 Å². The maximum absolute atomic E-state index is 11.8. The number of rotatable bonds is 9. The van der Waals surface area contributed by atoms with E-state index in [1.165, 1.54) is 6.42 Å². The first kappa shape index (κ1) is 15.9. The molecule has 0 saturated heterocycles. The average molecular weight is 277 g/mol. The molecule has 6 heteroatoms. The fourth-order valence-electron chi connectivity index (χ4n) is 2.25. The maximum atomic E-state index is 11.8. The van der Waals surface area contributed by atoms with Crippen LogP contribution in [0.3, 0.4) is 0 Å². The van der Waals surface area contributed by atoms with Gasteiger partial charge in [0.2, 0.25) is 10.0 Å². The van der Waals surface area contributed by atoms with Crippen molar-refractivity contribution in [2.45, 2.75) is 38.1 Å². The summed E-state index contributed by atoms with van der Waals surface area (Å²) >= 11 is 0. The molecule has 0 unspecified atom stereocenters. The molecule has 0 aromatic carbocycles. The third-order valence-corrected chi connectivity index (χ3v) is 5.28. The van der Waals surface area contributed by atoms with Gasteiger partial charge in [-0.25, -0.2) is 13.1 Å². The second kappa shape index (κ2) is 6.84. The van der Waals surface area contributed by atoms with E-state index >= 15 is 0 Å². The lowest BCUT2D eigenvalue weighted by molar-refractivity contribution is 0.0657. The molecule has 108 valence electrons. The van der Waals surface area contributed by atoms with Crippen molar-refractivity contribution >= 4 is 10.0 Å². The fraction of sp³-hybridized carbons (Fsp3) is 1.00. The second-order valence-electron chi connectivity index (χ2n) is 5.32. The molecular weight excluding hydrogens is 250 g/mol. The molecule has 0 heterocycles. The zero-order chi connectivity index (χ0) is 13.6. The monoisotopic (exact) mass is 277 g/mol. The third kappa shape index (κ3) is 4.50. The Bertz CT molecular complexity index is 337. The normalized spacial score (nSPS) is 18.9. The van der Waals surface area contributed by atoms with Crippen molar-refractivity contribution < 1.29 is 8.42 Å². The molecule has 18 heavy (non-hydrogen) atoms. The smallest absolute Gasteiger partial charge is 0.211 e. The molecule has 1 fully saturated rings. The molecule has 0 bridgehead atoms. The number of nitrogens with one attached hydrogen (secondary N) is 2. The largest absolute Gasteiger partial charge is 0.317 e. The Hall–Kier alpha value is -0.170. The lowest BCUT2D eigenvalue weighted by atomic mass is 9.76. The summed E-state index contributed by atoms with van der Waals surface area (Å²) < 4.78 is 26.5. The molecule has 0 aromatic rings. The summed E-state index contributed by atoms with van der Waals surface area (Å²) in [6, 6.07) is 0. The Balaban J connectivity index is 2.32. The highest BCUT2D eigenvalue weighted by Gasteiger charge is 2.39. The molecule has 5 nitrogen and oxygen atoms in total. The van der Waals surface area contributed by atoms with E-state index in [2.05, 4.69) is 14.9 Å². The Kier molecular flexibility index (Phi) is 6.04. The number of likely N-dealkylation sites (N-methyl/N-ethyl adjacent to an activating group) is 1. The van der Waals surface area contributed by atoms with Crippen LogP contribution in [-0.4, -0.2) is 58.3 Å². The lowest BCUT2D eigenvalue weighted by Crippen LogP contribution is -2.57. The standard InChI is InChI=1S/C12H27N3O2S/c1-4-13-9-6-10-18(16,17)14-11-12(15(2)3)7-5-8-12/h13-14H,4-11H2,1-3H3. The van der Waals surface area contributed by atoms with Gasteiger partial charge >= 0.3 is 0 Å². The van der Waals surface area contributed by atoms with E-state index in [-0.39, 0.29) is 11.3 Å². The van der Waals surface area contributed by atoms with Gasteiger partial charge in [-0.05, 0) is 52.9 Å². The van der Waals surface area contributed by atoms with Gasteiger partial charge in [-0.3, -0.25) is 0 Å². The number of hydrogen-bond acceptors (Lipinski definition) is 4. The molecule has 0 aromatic heterocycles. The van der Waals surface area contributed by atoms with E-state index in [4.69, 9.17) is 0 Å². The van der Waals surface area contributed by atoms with Gasteiger partial charge < -0.3 is 10.2 Å². The highest BCUT2D eigenvalue weighted by molar-refractivity contribution is 7.89. The molecule has 0 spiro atoms. The van der Waals surface area contributed by atoms with Gasteiger partial charge in [0.1, 0.15) is 0 Å². The predicted octanol–water partition coefficient (Wildman–Crippen LogP) is 0.390. The SMILES string of the molecule is CCNCCCS(=O)(=O)NCC1(N(C)C)CCC1. The molecule has 0 atom stereocenters. The Labute approximate surface area is 111 Å². The summed E-state index contributed by atoms with van der Waals surface area (Å²) in [4.78, 5) is 2.15. The molecule has 0 radical (unpaired) electrons. The van der Waals surface area contributed by atoms with Gasteiger partial charge in [-0.2, -0.15) is 0 Å². The first-order valence-electron chi connectivity index (χ1n) is 6.77. The van der Waals surface area contributed by atoms with Crippen molar-refractivity contribution in [3.63, 3.8) is 0 Å². The van der Waals surface area contributed by atoms with Gasteiger partial charge in [0.05, 0.1) is 5.75 Å². The lowest BCUT2D eigenvalue weighted by Gasteiger charge is -2.47. The van der Waals surface area contributed by atoms with Crippen LogP contribution in [0.5, 0.6) is 0 Å². The third-order valence-electron chi connectivity index (χ3n) is 3.87. The van der Waals surface area contributed by atoms with Gasteiger partial charge in [-0.1, -0.05) is 6.92 Å². The fourth-order valence-corrected chi connectivity index (χ4v) is 3.40. The van der Waals surface area contributed by atoms with Crippen molar-refractivity contribution in [3.05, 3.63) is 0 Å². The summed E-state index contributed by atoms with van der Waals surface area (Å²) in [5.41, 5.74) is 0.0503. The van der Waals surface area contributed by atoms with Crippen LogP contribution in [0.15, 0.2) is 0 Å². The van der Waals surface area contributed by atoms with Crippen LogP contribution in [0.4, 0.5) is 0 Å². The van der Waals surface area contributed by atoms with E-state index in [0.717, 1.165) is 25.9 Å². The van der Waals surface area contributed by atoms with E-state index in [0.29, 0.717) is 13.0 Å². The zero-order valence-corrected chi connectivity index (χ0v) is 12.6. The minimum absolute atomic E-state index is 0.0503. The molecule has 0 amide bonds. The molecule has 1 aliphatic rings. The number of nitrogens with zero attached hydrogens (tertiary/aromatic N) is 1. The van der Waals surface area contributed by atoms with Gasteiger partial charge in [0.15, 0.2) is 0 Å². The second-order valence-corrected chi connectivity index (χ2v) is 7.25. The summed E-state index contributed by atoms with van der Waals surface area (Å²) in [5, 5.41) is 3.13. The topological polar surface area (TPSA) is 61.4 Å². The molecule has 2 N–H and O–H groups in total. The van der Waals surface area contributed by atoms with Gasteiger partial charge in [0.25, 0.3) is 0 Å². The quantitative estimate of drug-likeness (QED) is 0.599. The van der Waals surface area contributed by atoms with E-state index < -0.39 is 10.0 Å². The van der Waals surface area contributed by atoms with Crippen molar-refractivity contribution in [1.29, 1.82) is 0 Å². The molecule has 1 rings (SSSR count). The highest BCUT2D eigenvalue weighted by Crippen LogP contribution is 2.35. The van der Waals surface area contributed by atoms with E-state index in [1.54, 1.807) is 0 Å². The Morgan fingerprint density at radius 2 is 1.94 bits per heavy atom. The van der Waals surface area contributed by atoms with Crippen LogP contribution >= 0.6 is 0 Å². The Morgan fingerprint density at radius 1 is 1.28 bits per heavy atom. The molecule has 1 aliphatic carbocycles. The summed E-state index contributed by atoms with van der Waals surface area (Å²) in [6.07, 6.45) is 4.03. The van der Waals surface area contributed by atoms with Crippen molar-refractivity contribution in [1.82, 2.24) is 14.9 Å². The average Bonchev–Trinajstić information content (AvgIpc) is 2.22. The first-order chi connectivity index (χ1) is 8.42. The first-order valence-corrected chi connectivity index (χ1v) is 8.42. The van der Waals surface area contributed by atoms with Crippen molar-refractivity contribution in [3.8, 4) is 0 Å². The minimum atomic E-state index is -3.12. The highest BCUT2D eigenvalue weighted by atomic mass is 32.2. The number of sulfonamides is 1. The summed E-state index contributed by atoms with van der Waals surface area (Å²) in [6.45, 7) is 4.21. The van der Waals surface area contributed by atoms with Crippen LogP contribution in [0.1, 0.15) is 32.6 Å². The summed E-state index contributed by atoms with van der Waals surface area (Å²) in [5.74, 6) is 0.212. The Morgan fingerprint density at radius 3 is 2.39 bits per heavy atom. The van der Waals surface area contributed by atoms with E-state index in [9.17, 15) is 8.42 Å². The molecule has 0 aliphatic heterocycles.